The molecule has 182 valence electrons. The van der Waals surface area contributed by atoms with Crippen LogP contribution in [0.25, 0.3) is 16.0 Å². The van der Waals surface area contributed by atoms with E-state index in [4.69, 9.17) is 0 Å². The number of rotatable bonds is 5. The normalized spacial score (nSPS) is 15.9. The van der Waals surface area contributed by atoms with E-state index < -0.39 is 0 Å². The first kappa shape index (κ1) is 24.4. The summed E-state index contributed by atoms with van der Waals surface area (Å²) >= 11 is 0. The van der Waals surface area contributed by atoms with Crippen LogP contribution in [-0.4, -0.2) is 46.0 Å². The first-order valence-corrected chi connectivity index (χ1v) is 12.1. The number of pyridine rings is 1. The highest BCUT2D eigenvalue weighted by Gasteiger charge is 2.24. The Bertz CT molecular complexity index is 1260. The van der Waals surface area contributed by atoms with Crippen molar-refractivity contribution in [3.63, 3.8) is 0 Å². The Morgan fingerprint density at radius 1 is 1.29 bits per heavy atom. The van der Waals surface area contributed by atoms with Gasteiger partial charge in [0.05, 0.1) is 23.6 Å². The third-order valence-corrected chi connectivity index (χ3v) is 6.38. The molecule has 8 heteroatoms. The van der Waals surface area contributed by atoms with E-state index in [1.807, 2.05) is 33.2 Å². The fraction of sp³-hybridized carbons (Fsp3) is 0.444. The van der Waals surface area contributed by atoms with Crippen LogP contribution in [-0.2, 0) is 12.1 Å². The van der Waals surface area contributed by atoms with Gasteiger partial charge in [-0.25, -0.2) is 4.68 Å². The van der Waals surface area contributed by atoms with Crippen molar-refractivity contribution in [1.29, 1.82) is 0 Å². The number of aromatic nitrogens is 4. The second-order valence-electron chi connectivity index (χ2n) is 10.1. The molecule has 1 unspecified atom stereocenters. The third kappa shape index (κ3) is 5.68. The molecule has 4 rings (SSSR count). The lowest BCUT2D eigenvalue weighted by molar-refractivity contribution is 0.0945. The Morgan fingerprint density at radius 2 is 2.11 bits per heavy atom. The van der Waals surface area contributed by atoms with Crippen LogP contribution in [0.1, 0.15) is 55.2 Å². The predicted octanol–water partition coefficient (Wildman–Crippen LogP) is 4.51. The van der Waals surface area contributed by atoms with Gasteiger partial charge >= 0.3 is 0 Å². The van der Waals surface area contributed by atoms with Gasteiger partial charge in [0.15, 0.2) is 5.69 Å². The van der Waals surface area contributed by atoms with E-state index in [1.165, 1.54) is 0 Å². The monoisotopic (exact) mass is 472 g/mol. The molecule has 1 fully saturated rings. The minimum Gasteiger partial charge on any atom is -0.368 e. The Hall–Kier alpha value is -3.73. The summed E-state index contributed by atoms with van der Waals surface area (Å²) in [6.07, 6.45) is 7.72. The van der Waals surface area contributed by atoms with Crippen molar-refractivity contribution in [2.24, 2.45) is 5.92 Å². The molecule has 1 amide bonds. The van der Waals surface area contributed by atoms with Gasteiger partial charge in [-0.1, -0.05) is 28.3 Å². The van der Waals surface area contributed by atoms with Gasteiger partial charge in [-0.2, -0.15) is 0 Å². The maximum atomic E-state index is 12.6. The van der Waals surface area contributed by atoms with Crippen LogP contribution in [0.4, 0.5) is 5.69 Å². The molecule has 0 aliphatic carbocycles. The fourth-order valence-electron chi connectivity index (χ4n) is 4.39. The number of carbonyl (C=O) groups is 1. The summed E-state index contributed by atoms with van der Waals surface area (Å²) in [7, 11) is 1.79. The zero-order chi connectivity index (χ0) is 25.0. The number of amides is 1. The minimum absolute atomic E-state index is 0.222. The second-order valence-corrected chi connectivity index (χ2v) is 10.1. The number of hydrogen-bond acceptors (Lipinski definition) is 5. The highest BCUT2D eigenvalue weighted by atomic mass is 16.2. The van der Waals surface area contributed by atoms with Gasteiger partial charge in [0, 0.05) is 31.4 Å². The smallest absolute Gasteiger partial charge is 0.277 e. The highest BCUT2D eigenvalue weighted by Crippen LogP contribution is 2.33. The maximum absolute atomic E-state index is 12.6. The zero-order valence-electron chi connectivity index (χ0n) is 21.2. The number of nitrogens with one attached hydrogen (secondary N) is 1. The Labute approximate surface area is 207 Å². The average molecular weight is 473 g/mol. The second kappa shape index (κ2) is 10.3. The van der Waals surface area contributed by atoms with E-state index in [0.717, 1.165) is 53.9 Å². The summed E-state index contributed by atoms with van der Waals surface area (Å²) in [6, 6.07) is 11.7. The van der Waals surface area contributed by atoms with E-state index in [9.17, 15) is 4.79 Å². The van der Waals surface area contributed by atoms with Crippen molar-refractivity contribution < 1.29 is 4.79 Å². The van der Waals surface area contributed by atoms with Gasteiger partial charge in [-0.15, -0.1) is 5.10 Å². The molecule has 35 heavy (non-hydrogen) atoms. The van der Waals surface area contributed by atoms with E-state index in [1.54, 1.807) is 17.9 Å². The lowest BCUT2D eigenvalue weighted by Gasteiger charge is -2.32. The molecule has 1 N–H and O–H groups in total. The van der Waals surface area contributed by atoms with Crippen molar-refractivity contribution in [3.05, 3.63) is 64.5 Å². The van der Waals surface area contributed by atoms with Crippen LogP contribution in [0.2, 0.25) is 0 Å². The van der Waals surface area contributed by atoms with Gasteiger partial charge in [-0.05, 0) is 63.3 Å². The molecule has 0 radical (unpaired) electrons. The number of nitrogens with zero attached hydrogens (tertiary/aromatic N) is 6. The van der Waals surface area contributed by atoms with Gasteiger partial charge in [0.25, 0.3) is 19.0 Å². The lowest BCUT2D eigenvalue weighted by Crippen LogP contribution is -2.35. The maximum Gasteiger partial charge on any atom is 0.277 e. The molecule has 0 spiro atoms. The Kier molecular flexibility index (Phi) is 7.15. The van der Waals surface area contributed by atoms with Gasteiger partial charge in [0.1, 0.15) is 5.92 Å². The molecule has 1 atom stereocenters. The number of anilines is 1. The van der Waals surface area contributed by atoms with Crippen LogP contribution in [0.5, 0.6) is 0 Å². The van der Waals surface area contributed by atoms with E-state index in [2.05, 4.69) is 67.6 Å². The van der Waals surface area contributed by atoms with Crippen LogP contribution in [0.15, 0.2) is 42.9 Å². The lowest BCUT2D eigenvalue weighted by atomic mass is 9.96. The van der Waals surface area contributed by atoms with Crippen LogP contribution < -0.4 is 10.2 Å². The summed E-state index contributed by atoms with van der Waals surface area (Å²) in [5.74, 6) is 0.118. The molecule has 8 nitrogen and oxygen atoms in total. The average Bonchev–Trinajstić information content (AvgIpc) is 3.35. The quantitative estimate of drug-likeness (QED) is 0.591. The molecular weight excluding hydrogens is 438 g/mol. The SMILES string of the molecule is C[N+]#CC1CCCN(c2cnccc2-c2ccc(CNC(=O)c3cn(C(C)(C)C)nn3)c(C)c2)C1. The van der Waals surface area contributed by atoms with Crippen LogP contribution in [0, 0.1) is 18.9 Å². The van der Waals surface area contributed by atoms with Crippen LogP contribution >= 0.6 is 0 Å². The van der Waals surface area contributed by atoms with Crippen molar-refractivity contribution in [2.75, 3.05) is 25.0 Å². The summed E-state index contributed by atoms with van der Waals surface area (Å²) in [5, 5.41) is 11.1. The predicted molar refractivity (Wildman–Crippen MR) is 139 cm³/mol. The summed E-state index contributed by atoms with van der Waals surface area (Å²) in [5.41, 5.74) is 5.71. The molecule has 1 saturated heterocycles. The zero-order valence-corrected chi connectivity index (χ0v) is 21.2. The van der Waals surface area contributed by atoms with Crippen molar-refractivity contribution in [3.8, 4) is 17.2 Å². The van der Waals surface area contributed by atoms with Crippen LogP contribution in [0.3, 0.4) is 0 Å². The minimum atomic E-state index is -0.229. The molecule has 0 bridgehead atoms. The van der Waals surface area contributed by atoms with Gasteiger partial charge in [0.2, 0.25) is 0 Å². The van der Waals surface area contributed by atoms with E-state index in [0.29, 0.717) is 18.2 Å². The standard InChI is InChI=1S/C27H33N7O/c1-19-13-21(23-10-11-29-16-25(23)33-12-6-7-20(17-33)14-28-5)8-9-22(19)15-30-26(35)24-18-34(32-31-24)27(2,3)4/h8-11,13,16,18,20H,6-7,12,15,17H2,1-5H3/p+1. The van der Waals surface area contributed by atoms with Crippen molar-refractivity contribution in [1.82, 2.24) is 25.3 Å². The van der Waals surface area contributed by atoms with E-state index >= 15 is 0 Å². The molecule has 0 saturated carbocycles. The molecular formula is C27H34N7O+. The summed E-state index contributed by atoms with van der Waals surface area (Å²) in [4.78, 5) is 23.5. The first-order valence-electron chi connectivity index (χ1n) is 12.1. The largest absolute Gasteiger partial charge is 0.368 e. The fourth-order valence-corrected chi connectivity index (χ4v) is 4.39. The Morgan fingerprint density at radius 3 is 2.83 bits per heavy atom. The molecule has 3 heterocycles. The molecule has 1 aliphatic rings. The Balaban J connectivity index is 1.48. The molecule has 1 aliphatic heterocycles. The topological polar surface area (TPSA) is 80.3 Å². The molecule has 1 aromatic carbocycles. The van der Waals surface area contributed by atoms with Gasteiger partial charge in [-0.3, -0.25) is 9.78 Å². The van der Waals surface area contributed by atoms with Crippen molar-refractivity contribution in [2.45, 2.75) is 52.6 Å². The number of hydrogen-bond donors (Lipinski definition) is 1. The van der Waals surface area contributed by atoms with E-state index in [-0.39, 0.29) is 11.4 Å². The number of benzene rings is 1. The summed E-state index contributed by atoms with van der Waals surface area (Å²) in [6.45, 7) is 10.5. The molecule has 2 aromatic heterocycles. The number of carbonyl (C=O) groups excluding carboxylic acids is 1. The third-order valence-electron chi connectivity index (χ3n) is 6.38. The number of piperidine rings is 1. The summed E-state index contributed by atoms with van der Waals surface area (Å²) < 4.78 is 1.70. The number of aryl methyl sites for hydroxylation is 1. The van der Waals surface area contributed by atoms with Gasteiger partial charge < -0.3 is 10.2 Å². The highest BCUT2D eigenvalue weighted by molar-refractivity contribution is 5.91. The first-order chi connectivity index (χ1) is 16.8. The molecule has 3 aromatic rings. The van der Waals surface area contributed by atoms with Crippen molar-refractivity contribution >= 4 is 11.6 Å².